The molecule has 0 saturated carbocycles. The number of ketones is 1. The normalized spacial score (nSPS) is 30.1. The Morgan fingerprint density at radius 1 is 1.26 bits per heavy atom. The highest BCUT2D eigenvalue weighted by Gasteiger charge is 2.57. The molecule has 2 saturated heterocycles. The lowest BCUT2D eigenvalue weighted by atomic mass is 9.90. The van der Waals surface area contributed by atoms with Crippen molar-refractivity contribution in [1.29, 1.82) is 0 Å². The Hall–Kier alpha value is -2.09. The molecule has 27 heavy (non-hydrogen) atoms. The van der Waals surface area contributed by atoms with Crippen molar-refractivity contribution >= 4 is 17.6 Å². The molecular formula is C20H25N3O4. The van der Waals surface area contributed by atoms with E-state index in [1.165, 1.54) is 12.1 Å². The van der Waals surface area contributed by atoms with Crippen LogP contribution in [0.1, 0.15) is 55.6 Å². The fourth-order valence-corrected chi connectivity index (χ4v) is 4.97. The van der Waals surface area contributed by atoms with Crippen LogP contribution in [0.4, 0.5) is 0 Å². The first kappa shape index (κ1) is 18.3. The van der Waals surface area contributed by atoms with Crippen LogP contribution in [0.2, 0.25) is 0 Å². The molecule has 0 spiro atoms. The van der Waals surface area contributed by atoms with Crippen molar-refractivity contribution in [2.24, 2.45) is 5.92 Å². The maximum Gasteiger partial charge on any atom is 0.249 e. The van der Waals surface area contributed by atoms with Crippen LogP contribution in [-0.2, 0) is 14.4 Å². The van der Waals surface area contributed by atoms with Gasteiger partial charge in [0.05, 0.1) is 25.1 Å². The van der Waals surface area contributed by atoms with Gasteiger partial charge in [-0.05, 0) is 25.8 Å². The predicted molar refractivity (Wildman–Crippen MR) is 97.2 cm³/mol. The van der Waals surface area contributed by atoms with E-state index in [1.807, 2.05) is 44.0 Å². The summed E-state index contributed by atoms with van der Waals surface area (Å²) in [5.41, 5.74) is 1.05. The molecule has 0 unspecified atom stereocenters. The maximum atomic E-state index is 13.5. The van der Waals surface area contributed by atoms with E-state index < -0.39 is 17.5 Å². The zero-order chi connectivity index (χ0) is 19.5. The van der Waals surface area contributed by atoms with Crippen LogP contribution in [-0.4, -0.2) is 57.9 Å². The Balaban J connectivity index is 1.74. The zero-order valence-corrected chi connectivity index (χ0v) is 16.1. The van der Waals surface area contributed by atoms with Gasteiger partial charge in [0, 0.05) is 24.1 Å². The molecule has 0 aromatic heterocycles. The van der Waals surface area contributed by atoms with Crippen LogP contribution in [0.5, 0.6) is 0 Å². The predicted octanol–water partition coefficient (Wildman–Crippen LogP) is 1.95. The average molecular weight is 371 g/mol. The van der Waals surface area contributed by atoms with Crippen LogP contribution in [0.15, 0.2) is 24.3 Å². The number of hydroxylamine groups is 2. The lowest BCUT2D eigenvalue weighted by Crippen LogP contribution is -2.52. The lowest BCUT2D eigenvalue weighted by Gasteiger charge is -2.37. The van der Waals surface area contributed by atoms with Crippen LogP contribution in [0.3, 0.4) is 0 Å². The van der Waals surface area contributed by atoms with Gasteiger partial charge in [-0.1, -0.05) is 31.2 Å². The van der Waals surface area contributed by atoms with E-state index in [0.717, 1.165) is 5.56 Å². The number of hydrogen-bond acceptors (Lipinski definition) is 6. The van der Waals surface area contributed by atoms with Crippen LogP contribution in [0, 0.1) is 5.92 Å². The number of nitrogens with zero attached hydrogens (tertiary/aromatic N) is 3. The molecule has 1 aromatic rings. The van der Waals surface area contributed by atoms with Gasteiger partial charge in [0.1, 0.15) is 0 Å². The minimum Gasteiger partial charge on any atom is -0.301 e. The van der Waals surface area contributed by atoms with Gasteiger partial charge in [0.25, 0.3) is 0 Å². The second-order valence-corrected chi connectivity index (χ2v) is 8.05. The number of Topliss-reactive ketones (excluding diaryl/α,β-unsaturated/α-hetero) is 1. The van der Waals surface area contributed by atoms with Crippen molar-refractivity contribution in [3.05, 3.63) is 35.4 Å². The van der Waals surface area contributed by atoms with E-state index >= 15 is 0 Å². The summed E-state index contributed by atoms with van der Waals surface area (Å²) in [7, 11) is 1.52. The Morgan fingerprint density at radius 3 is 2.63 bits per heavy atom. The van der Waals surface area contributed by atoms with Crippen LogP contribution < -0.4 is 0 Å². The fraction of sp³-hybridized carbons (Fsp3) is 0.550. The number of hydrogen-bond donors (Lipinski definition) is 0. The third kappa shape index (κ3) is 2.49. The molecule has 1 aromatic carbocycles. The molecule has 2 fully saturated rings. The highest BCUT2D eigenvalue weighted by molar-refractivity contribution is 6.05. The first-order valence-electron chi connectivity index (χ1n) is 9.41. The molecule has 7 heteroatoms. The molecule has 4 rings (SSSR count). The minimum absolute atomic E-state index is 0.0283. The summed E-state index contributed by atoms with van der Waals surface area (Å²) in [5, 5.41) is 4.78. The molecular weight excluding hydrogens is 346 g/mol. The van der Waals surface area contributed by atoms with Crippen molar-refractivity contribution in [2.75, 3.05) is 13.7 Å². The summed E-state index contributed by atoms with van der Waals surface area (Å²) in [6.07, 6.45) is 0.656. The SMILES string of the molecule is CCN1N(C(=O)[C@@H]2C[C@@H]3C(=O)c4ccccc4[C@H]2N3OC)C(=O)CC1(C)C. The Kier molecular flexibility index (Phi) is 4.21. The summed E-state index contributed by atoms with van der Waals surface area (Å²) in [6, 6.07) is 6.52. The van der Waals surface area contributed by atoms with Gasteiger partial charge in [-0.15, -0.1) is 0 Å². The van der Waals surface area contributed by atoms with Crippen molar-refractivity contribution in [3.63, 3.8) is 0 Å². The van der Waals surface area contributed by atoms with Crippen LogP contribution >= 0.6 is 0 Å². The minimum atomic E-state index is -0.505. The molecule has 144 valence electrons. The highest BCUT2D eigenvalue weighted by atomic mass is 16.7. The first-order chi connectivity index (χ1) is 12.8. The van der Waals surface area contributed by atoms with Gasteiger partial charge in [0.2, 0.25) is 11.8 Å². The Morgan fingerprint density at radius 2 is 1.96 bits per heavy atom. The second-order valence-electron chi connectivity index (χ2n) is 8.05. The quantitative estimate of drug-likeness (QED) is 0.757. The van der Waals surface area contributed by atoms with Gasteiger partial charge >= 0.3 is 0 Å². The van der Waals surface area contributed by atoms with E-state index in [1.54, 1.807) is 11.1 Å². The van der Waals surface area contributed by atoms with E-state index in [2.05, 4.69) is 0 Å². The van der Waals surface area contributed by atoms with Gasteiger partial charge in [-0.25, -0.2) is 10.0 Å². The van der Waals surface area contributed by atoms with Gasteiger partial charge < -0.3 is 4.84 Å². The lowest BCUT2D eigenvalue weighted by molar-refractivity contribution is -0.177. The molecule has 3 atom stereocenters. The van der Waals surface area contributed by atoms with E-state index in [0.29, 0.717) is 24.9 Å². The smallest absolute Gasteiger partial charge is 0.249 e. The standard InChI is InChI=1S/C20H25N3O4/c1-5-21-20(2,3)11-16(24)22(21)19(26)14-10-15-18(25)13-9-7-6-8-12(13)17(14)23(15)27-4/h6-9,14-15,17H,5,10-11H2,1-4H3/t14-,15-,17-/m1/s1. The van der Waals surface area contributed by atoms with E-state index in [9.17, 15) is 14.4 Å². The summed E-state index contributed by atoms with van der Waals surface area (Å²) < 4.78 is 0. The topological polar surface area (TPSA) is 70.2 Å². The van der Waals surface area contributed by atoms with Gasteiger partial charge in [-0.3, -0.25) is 14.4 Å². The number of carbonyl (C=O) groups excluding carboxylic acids is 3. The molecule has 0 aliphatic carbocycles. The largest absolute Gasteiger partial charge is 0.301 e. The molecule has 2 bridgehead atoms. The molecule has 3 aliphatic heterocycles. The molecule has 7 nitrogen and oxygen atoms in total. The molecule has 0 radical (unpaired) electrons. The summed E-state index contributed by atoms with van der Waals surface area (Å²) in [5.74, 6) is -0.961. The summed E-state index contributed by atoms with van der Waals surface area (Å²) in [4.78, 5) is 44.6. The highest BCUT2D eigenvalue weighted by Crippen LogP contribution is 2.48. The van der Waals surface area contributed by atoms with Crippen molar-refractivity contribution < 1.29 is 19.2 Å². The first-order valence-corrected chi connectivity index (χ1v) is 9.41. The third-order valence-corrected chi connectivity index (χ3v) is 6.08. The van der Waals surface area contributed by atoms with E-state index in [-0.39, 0.29) is 23.6 Å². The number of amides is 2. The Labute approximate surface area is 158 Å². The number of fused-ring (bicyclic) bond motifs is 4. The number of rotatable bonds is 3. The van der Waals surface area contributed by atoms with Crippen molar-refractivity contribution in [2.45, 2.75) is 51.2 Å². The van der Waals surface area contributed by atoms with Crippen molar-refractivity contribution in [1.82, 2.24) is 15.1 Å². The molecule has 3 aliphatic rings. The van der Waals surface area contributed by atoms with Crippen molar-refractivity contribution in [3.8, 4) is 0 Å². The summed E-state index contributed by atoms with van der Waals surface area (Å²) in [6.45, 7) is 6.44. The van der Waals surface area contributed by atoms with Crippen LogP contribution in [0.25, 0.3) is 0 Å². The van der Waals surface area contributed by atoms with E-state index in [4.69, 9.17) is 4.84 Å². The monoisotopic (exact) mass is 371 g/mol. The van der Waals surface area contributed by atoms with Gasteiger partial charge in [-0.2, -0.15) is 5.06 Å². The zero-order valence-electron chi connectivity index (χ0n) is 16.1. The number of carbonyl (C=O) groups is 3. The number of benzene rings is 1. The third-order valence-electron chi connectivity index (χ3n) is 6.08. The molecule has 0 N–H and O–H groups in total. The van der Waals surface area contributed by atoms with Gasteiger partial charge in [0.15, 0.2) is 5.78 Å². The Bertz CT molecular complexity index is 821. The molecule has 2 amide bonds. The number of hydrazine groups is 1. The maximum absolute atomic E-state index is 13.5. The summed E-state index contributed by atoms with van der Waals surface area (Å²) >= 11 is 0. The molecule has 3 heterocycles. The average Bonchev–Trinajstić information content (AvgIpc) is 3.09. The second kappa shape index (κ2) is 6.22. The fourth-order valence-electron chi connectivity index (χ4n) is 4.97. The number of imide groups is 1.